The molecule has 0 unspecified atom stereocenters. The highest BCUT2D eigenvalue weighted by atomic mass is 14.9. The fourth-order valence-corrected chi connectivity index (χ4v) is 3.62. The first-order chi connectivity index (χ1) is 16.0. The van der Waals surface area contributed by atoms with Gasteiger partial charge in [0.1, 0.15) is 44.0 Å². The maximum absolute atomic E-state index is 9.48. The predicted molar refractivity (Wildman–Crippen MR) is 123 cm³/mol. The molecule has 7 nitrogen and oxygen atoms in total. The van der Waals surface area contributed by atoms with Crippen molar-refractivity contribution in [2.45, 2.75) is 6.92 Å². The van der Waals surface area contributed by atoms with Gasteiger partial charge >= 0.3 is 11.6 Å². The van der Waals surface area contributed by atoms with E-state index >= 15 is 0 Å². The van der Waals surface area contributed by atoms with Crippen LogP contribution in [-0.2, 0) is 0 Å². The lowest BCUT2D eigenvalue weighted by atomic mass is 9.95. The fraction of sp³-hybridized carbons (Fsp3) is 0.0385. The first-order valence-corrected chi connectivity index (χ1v) is 9.19. The van der Waals surface area contributed by atoms with Crippen molar-refractivity contribution < 1.29 is 0 Å². The molecule has 0 radical (unpaired) electrons. The summed E-state index contributed by atoms with van der Waals surface area (Å²) in [6.07, 6.45) is 0. The Labute approximate surface area is 188 Å². The number of hydrogen-bond acceptors (Lipinski definition) is 3. The van der Waals surface area contributed by atoms with Gasteiger partial charge in [0, 0.05) is 10.8 Å². The number of hydrogen-bond donors (Lipinski definition) is 0. The molecule has 0 fully saturated rings. The minimum atomic E-state index is -0.196. The third-order valence-electron chi connectivity index (χ3n) is 5.12. The Balaban J connectivity index is 2.98. The van der Waals surface area contributed by atoms with Crippen LogP contribution in [0.15, 0.2) is 36.4 Å². The van der Waals surface area contributed by atoms with E-state index in [0.717, 1.165) is 0 Å². The number of fused-ring (bicyclic) bond motifs is 2. The highest BCUT2D eigenvalue weighted by Crippen LogP contribution is 2.17. The fourth-order valence-electron chi connectivity index (χ4n) is 3.62. The van der Waals surface area contributed by atoms with Gasteiger partial charge in [-0.3, -0.25) is 0 Å². The van der Waals surface area contributed by atoms with Crippen LogP contribution in [0.4, 0.5) is 0 Å². The number of rotatable bonds is 0. The zero-order chi connectivity index (χ0) is 24.1. The third kappa shape index (κ3) is 3.47. The van der Waals surface area contributed by atoms with Gasteiger partial charge in [0.25, 0.3) is 0 Å². The minimum absolute atomic E-state index is 0.147. The van der Waals surface area contributed by atoms with E-state index in [1.54, 1.807) is 31.2 Å². The Morgan fingerprint density at radius 2 is 0.970 bits per heavy atom. The molecule has 0 N–H and O–H groups in total. The van der Waals surface area contributed by atoms with Gasteiger partial charge in [-0.2, -0.15) is 35.2 Å². The summed E-state index contributed by atoms with van der Waals surface area (Å²) in [6.45, 7) is 31.1. The third-order valence-corrected chi connectivity index (χ3v) is 5.12. The van der Waals surface area contributed by atoms with Gasteiger partial charge in [-0.05, 0) is 45.8 Å². The van der Waals surface area contributed by atoms with E-state index in [2.05, 4.69) is 25.4 Å². The first kappa shape index (κ1) is 21.8. The monoisotopic (exact) mass is 419 g/mol. The number of nitrogens with zero attached hydrogens (tertiary/aromatic N) is 7. The van der Waals surface area contributed by atoms with E-state index in [1.165, 1.54) is 12.1 Å². The lowest BCUT2D eigenvalue weighted by molar-refractivity contribution is 1.49. The number of nitriles is 3. The molecule has 0 aliphatic rings. The van der Waals surface area contributed by atoms with Gasteiger partial charge in [0.2, 0.25) is 0 Å². The highest BCUT2D eigenvalue weighted by molar-refractivity contribution is 6.02. The van der Waals surface area contributed by atoms with Crippen LogP contribution in [0.25, 0.3) is 63.7 Å². The van der Waals surface area contributed by atoms with Gasteiger partial charge in [-0.1, -0.05) is 24.3 Å². The summed E-state index contributed by atoms with van der Waals surface area (Å²) in [6, 6.07) is 15.4. The molecule has 148 valence electrons. The van der Waals surface area contributed by atoms with Crippen molar-refractivity contribution in [2.24, 2.45) is 0 Å². The van der Waals surface area contributed by atoms with Gasteiger partial charge in [0.05, 0.1) is 16.5 Å². The lowest BCUT2D eigenvalue weighted by Crippen LogP contribution is -2.19. The molecule has 0 saturated carbocycles. The summed E-state index contributed by atoms with van der Waals surface area (Å²) < 4.78 is 0. The van der Waals surface area contributed by atoms with Crippen molar-refractivity contribution in [1.82, 2.24) is 0 Å². The van der Waals surface area contributed by atoms with Crippen LogP contribution in [0.3, 0.4) is 0 Å². The summed E-state index contributed by atoms with van der Waals surface area (Å²) in [5.74, 6) is -0.363. The molecule has 0 atom stereocenters. The SMILES string of the molecule is [C-]#[N+]C([N+]#[C-])=c1ccc(=C(C#N)C#N)c2cc3/c(=C(\C)C#N)ccc(=C([N+]#[C-])[N+]#[C-])c3cc12. The molecular formula is C26H9N7. The van der Waals surface area contributed by atoms with E-state index in [9.17, 15) is 15.8 Å². The maximum atomic E-state index is 9.48. The molecule has 3 rings (SSSR count). The maximum Gasteiger partial charge on any atom is 0.527 e. The average molecular weight is 419 g/mol. The van der Waals surface area contributed by atoms with Crippen molar-refractivity contribution >= 4 is 44.3 Å². The molecule has 0 heterocycles. The van der Waals surface area contributed by atoms with E-state index in [1.807, 2.05) is 12.1 Å². The van der Waals surface area contributed by atoms with Crippen LogP contribution < -0.4 is 20.9 Å². The first-order valence-electron chi connectivity index (χ1n) is 9.19. The topological polar surface area (TPSA) is 88.8 Å². The van der Waals surface area contributed by atoms with Crippen molar-refractivity contribution in [2.75, 3.05) is 0 Å². The molecule has 7 heteroatoms. The second-order valence-corrected chi connectivity index (χ2v) is 6.69. The van der Waals surface area contributed by atoms with E-state index < -0.39 is 0 Å². The average Bonchev–Trinajstić information content (AvgIpc) is 2.85. The van der Waals surface area contributed by atoms with Crippen LogP contribution in [-0.4, -0.2) is 0 Å². The standard InChI is InChI=1S/C26H9N7/c1-15(12-27)17-6-8-19(25(30-2)31-3)23-11-24-20(26(32-4)33-5)9-7-18(16(13-28)14-29)22(24)10-21(17)23/h6-11H,1H3/b17-15+. The quantitative estimate of drug-likeness (QED) is 0.415. The van der Waals surface area contributed by atoms with E-state index in [-0.39, 0.29) is 17.2 Å². The Morgan fingerprint density at radius 1 is 0.606 bits per heavy atom. The smallest absolute Gasteiger partial charge is 0.193 e. The van der Waals surface area contributed by atoms with Crippen LogP contribution in [0, 0.1) is 60.3 Å². The molecule has 3 aromatic carbocycles. The predicted octanol–water partition coefficient (Wildman–Crippen LogP) is 2.69. The molecule has 0 spiro atoms. The Hall–Kier alpha value is -5.91. The van der Waals surface area contributed by atoms with Crippen LogP contribution in [0.1, 0.15) is 6.92 Å². The summed E-state index contributed by atoms with van der Waals surface area (Å²) in [5, 5.41) is 31.8. The zero-order valence-corrected chi connectivity index (χ0v) is 17.1. The Bertz CT molecular complexity index is 1900. The Morgan fingerprint density at radius 3 is 1.36 bits per heavy atom. The lowest BCUT2D eigenvalue weighted by Gasteiger charge is -2.06. The van der Waals surface area contributed by atoms with Crippen molar-refractivity contribution in [1.29, 1.82) is 15.8 Å². The molecule has 0 aliphatic carbocycles. The summed E-state index contributed by atoms with van der Waals surface area (Å²) in [7, 11) is 0. The summed E-state index contributed by atoms with van der Waals surface area (Å²) >= 11 is 0. The van der Waals surface area contributed by atoms with Crippen LogP contribution >= 0.6 is 0 Å². The molecule has 33 heavy (non-hydrogen) atoms. The Kier molecular flexibility index (Phi) is 5.84. The molecule has 0 aliphatic heterocycles. The minimum Gasteiger partial charge on any atom is -0.193 e. The van der Waals surface area contributed by atoms with Crippen LogP contribution in [0.5, 0.6) is 0 Å². The van der Waals surface area contributed by atoms with Crippen molar-refractivity contribution in [3.63, 3.8) is 0 Å². The van der Waals surface area contributed by atoms with Gasteiger partial charge < -0.3 is 0 Å². The largest absolute Gasteiger partial charge is 0.527 e. The summed E-state index contributed by atoms with van der Waals surface area (Å²) in [5.41, 5.74) is 0.251. The van der Waals surface area contributed by atoms with Gasteiger partial charge in [0.15, 0.2) is 0 Å². The van der Waals surface area contributed by atoms with E-state index in [0.29, 0.717) is 48.0 Å². The molecule has 0 bridgehead atoms. The molecule has 0 saturated heterocycles. The molecule has 0 aromatic heterocycles. The second kappa shape index (κ2) is 8.85. The molecule has 0 amide bonds. The highest BCUT2D eigenvalue weighted by Gasteiger charge is 2.15. The van der Waals surface area contributed by atoms with Gasteiger partial charge in [-0.25, -0.2) is 0 Å². The summed E-state index contributed by atoms with van der Waals surface area (Å²) in [4.78, 5) is 13.2. The van der Waals surface area contributed by atoms with Gasteiger partial charge in [-0.15, -0.1) is 0 Å². The van der Waals surface area contributed by atoms with E-state index in [4.69, 9.17) is 26.3 Å². The second-order valence-electron chi connectivity index (χ2n) is 6.69. The van der Waals surface area contributed by atoms with Crippen molar-refractivity contribution in [3.8, 4) is 18.2 Å². The normalized spacial score (nSPS) is 10.2. The van der Waals surface area contributed by atoms with Crippen LogP contribution in [0.2, 0.25) is 0 Å². The molecule has 3 aromatic rings. The molecular weight excluding hydrogens is 410 g/mol. The van der Waals surface area contributed by atoms with Crippen molar-refractivity contribution in [3.05, 3.63) is 103 Å². The zero-order valence-electron chi connectivity index (χ0n) is 17.1. The number of benzene rings is 3.